The van der Waals surface area contributed by atoms with E-state index in [1.165, 1.54) is 27.8 Å². The predicted molar refractivity (Wildman–Crippen MR) is 239 cm³/mol. The van der Waals surface area contributed by atoms with Crippen molar-refractivity contribution in [3.8, 4) is 56.4 Å². The average Bonchev–Trinajstić information content (AvgIpc) is 3.78. The molecule has 12 rings (SSSR count). The molecule has 9 aromatic carbocycles. The van der Waals surface area contributed by atoms with Crippen molar-refractivity contribution in [2.75, 3.05) is 0 Å². The minimum Gasteiger partial charge on any atom is -0.455 e. The van der Waals surface area contributed by atoms with Crippen molar-refractivity contribution in [1.82, 2.24) is 15.0 Å². The van der Waals surface area contributed by atoms with Gasteiger partial charge in [0, 0.05) is 43.8 Å². The molecule has 0 bridgehead atoms. The van der Waals surface area contributed by atoms with Gasteiger partial charge in [-0.25, -0.2) is 15.0 Å². The Bertz CT molecular complexity index is 3390. The minimum absolute atomic E-state index is 0.0910. The van der Waals surface area contributed by atoms with E-state index < -0.39 is 0 Å². The number of nitrogens with zero attached hydrogens (tertiary/aromatic N) is 3. The van der Waals surface area contributed by atoms with Gasteiger partial charge in [-0.05, 0) is 66.9 Å². The maximum atomic E-state index is 7.07. The Hall–Kier alpha value is -7.43. The van der Waals surface area contributed by atoms with Crippen molar-refractivity contribution < 1.29 is 4.42 Å². The van der Waals surface area contributed by atoms with Crippen LogP contribution in [0.5, 0.6) is 0 Å². The van der Waals surface area contributed by atoms with Crippen LogP contribution in [0, 0.1) is 0 Å². The zero-order valence-electron chi connectivity index (χ0n) is 32.0. The van der Waals surface area contributed by atoms with E-state index in [-0.39, 0.29) is 5.41 Å². The zero-order valence-corrected chi connectivity index (χ0v) is 32.0. The molecule has 272 valence electrons. The number of rotatable bonds is 4. The molecular formula is C54H35N3O. The molecule has 2 heterocycles. The third kappa shape index (κ3) is 4.78. The number of aromatic nitrogens is 3. The lowest BCUT2D eigenvalue weighted by Crippen LogP contribution is -2.14. The summed E-state index contributed by atoms with van der Waals surface area (Å²) in [7, 11) is 0. The molecule has 1 aliphatic rings. The molecular weight excluding hydrogens is 707 g/mol. The lowest BCUT2D eigenvalue weighted by Gasteiger charge is -2.21. The van der Waals surface area contributed by atoms with Crippen LogP contribution in [0.15, 0.2) is 180 Å². The first-order chi connectivity index (χ1) is 28.5. The molecule has 58 heavy (non-hydrogen) atoms. The third-order valence-corrected chi connectivity index (χ3v) is 12.3. The summed E-state index contributed by atoms with van der Waals surface area (Å²) in [6.07, 6.45) is 0. The SMILES string of the molecule is CC1(C)c2ccccc2-c2c(-c3cccc4c3oc3c5cc(-c6nc(-c7cccc8ccccc78)nc(-c7cccc8ccccc78)n6)ccc5ccc43)cccc21. The fourth-order valence-electron chi connectivity index (χ4n) is 9.49. The Morgan fingerprint density at radius 1 is 0.362 bits per heavy atom. The Kier molecular flexibility index (Phi) is 6.94. The maximum absolute atomic E-state index is 7.07. The van der Waals surface area contributed by atoms with E-state index in [2.05, 4.69) is 190 Å². The molecule has 0 saturated carbocycles. The highest BCUT2D eigenvalue weighted by Gasteiger charge is 2.37. The van der Waals surface area contributed by atoms with Crippen molar-refractivity contribution >= 4 is 54.3 Å². The number of fused-ring (bicyclic) bond motifs is 10. The summed E-state index contributed by atoms with van der Waals surface area (Å²) >= 11 is 0. The van der Waals surface area contributed by atoms with Gasteiger partial charge < -0.3 is 4.42 Å². The van der Waals surface area contributed by atoms with E-state index in [0.717, 1.165) is 76.5 Å². The highest BCUT2D eigenvalue weighted by Crippen LogP contribution is 2.53. The van der Waals surface area contributed by atoms with Crippen LogP contribution < -0.4 is 0 Å². The van der Waals surface area contributed by atoms with Gasteiger partial charge in [0.05, 0.1) is 0 Å². The van der Waals surface area contributed by atoms with Crippen LogP contribution in [-0.4, -0.2) is 15.0 Å². The largest absolute Gasteiger partial charge is 0.455 e. The Balaban J connectivity index is 1.08. The Morgan fingerprint density at radius 2 is 0.862 bits per heavy atom. The van der Waals surface area contributed by atoms with E-state index in [1.807, 2.05) is 0 Å². The van der Waals surface area contributed by atoms with Crippen LogP contribution in [0.25, 0.3) is 111 Å². The molecule has 2 aromatic heterocycles. The number of furan rings is 1. The first-order valence-electron chi connectivity index (χ1n) is 19.9. The standard InChI is InChI=1S/C54H35N3O/c1-54(2)46-25-8-7-19-44(46)48-38(20-12-26-47(48)54)39-21-11-22-40-41-30-29-34-27-28-35(31-45(34)50(41)58-49(39)40)51-55-52(42-23-9-15-32-13-3-5-17-36(32)42)57-53(56-51)43-24-10-16-33-14-4-6-18-37(33)43/h3-31H,1-2H3. The van der Waals surface area contributed by atoms with Crippen LogP contribution >= 0.6 is 0 Å². The van der Waals surface area contributed by atoms with Crippen molar-refractivity contribution in [2.45, 2.75) is 19.3 Å². The second-order valence-electron chi connectivity index (χ2n) is 15.9. The monoisotopic (exact) mass is 741 g/mol. The van der Waals surface area contributed by atoms with Crippen LogP contribution in [0.2, 0.25) is 0 Å². The van der Waals surface area contributed by atoms with Crippen molar-refractivity contribution in [3.05, 3.63) is 187 Å². The highest BCUT2D eigenvalue weighted by molar-refractivity contribution is 6.18. The van der Waals surface area contributed by atoms with Crippen molar-refractivity contribution in [2.24, 2.45) is 0 Å². The predicted octanol–water partition coefficient (Wildman–Crippen LogP) is 14.2. The van der Waals surface area contributed by atoms with Gasteiger partial charge >= 0.3 is 0 Å². The van der Waals surface area contributed by atoms with Gasteiger partial charge in [-0.3, -0.25) is 0 Å². The molecule has 0 spiro atoms. The van der Waals surface area contributed by atoms with E-state index in [1.54, 1.807) is 0 Å². The third-order valence-electron chi connectivity index (χ3n) is 12.3. The summed E-state index contributed by atoms with van der Waals surface area (Å²) in [5.74, 6) is 1.88. The van der Waals surface area contributed by atoms with Crippen molar-refractivity contribution in [1.29, 1.82) is 0 Å². The zero-order chi connectivity index (χ0) is 38.5. The number of para-hydroxylation sites is 1. The molecule has 0 saturated heterocycles. The lowest BCUT2D eigenvalue weighted by atomic mass is 9.82. The van der Waals surface area contributed by atoms with E-state index in [0.29, 0.717) is 17.5 Å². The first kappa shape index (κ1) is 32.8. The molecule has 0 amide bonds. The van der Waals surface area contributed by atoms with Crippen LogP contribution in [0.4, 0.5) is 0 Å². The Labute approximate surface area is 335 Å². The van der Waals surface area contributed by atoms with Crippen molar-refractivity contribution in [3.63, 3.8) is 0 Å². The topological polar surface area (TPSA) is 51.8 Å². The molecule has 0 radical (unpaired) electrons. The molecule has 1 aliphatic carbocycles. The summed E-state index contributed by atoms with van der Waals surface area (Å²) in [6, 6.07) is 62.4. The quantitative estimate of drug-likeness (QED) is 0.180. The van der Waals surface area contributed by atoms with Crippen LogP contribution in [0.3, 0.4) is 0 Å². The lowest BCUT2D eigenvalue weighted by molar-refractivity contribution is 0.660. The number of hydrogen-bond donors (Lipinski definition) is 0. The second kappa shape index (κ2) is 12.3. The van der Waals surface area contributed by atoms with Gasteiger partial charge in [0.2, 0.25) is 0 Å². The average molecular weight is 742 g/mol. The molecule has 4 heteroatoms. The van der Waals surface area contributed by atoms with E-state index in [9.17, 15) is 0 Å². The normalized spacial score (nSPS) is 13.1. The molecule has 4 nitrogen and oxygen atoms in total. The van der Waals surface area contributed by atoms with Gasteiger partial charge in [-0.1, -0.05) is 178 Å². The van der Waals surface area contributed by atoms with Gasteiger partial charge in [0.25, 0.3) is 0 Å². The molecule has 0 aliphatic heterocycles. The number of hydrogen-bond acceptors (Lipinski definition) is 4. The van der Waals surface area contributed by atoms with Gasteiger partial charge in [0.1, 0.15) is 11.2 Å². The molecule has 0 atom stereocenters. The fourth-order valence-corrected chi connectivity index (χ4v) is 9.49. The summed E-state index contributed by atoms with van der Waals surface area (Å²) in [6.45, 7) is 4.66. The van der Waals surface area contributed by atoms with Gasteiger partial charge in [-0.15, -0.1) is 0 Å². The van der Waals surface area contributed by atoms with E-state index >= 15 is 0 Å². The summed E-state index contributed by atoms with van der Waals surface area (Å²) in [5, 5.41) is 8.75. The smallest absolute Gasteiger partial charge is 0.164 e. The summed E-state index contributed by atoms with van der Waals surface area (Å²) in [5.41, 5.74) is 12.1. The molecule has 0 N–H and O–H groups in total. The van der Waals surface area contributed by atoms with Gasteiger partial charge in [-0.2, -0.15) is 0 Å². The summed E-state index contributed by atoms with van der Waals surface area (Å²) in [4.78, 5) is 15.6. The molecule has 11 aromatic rings. The molecule has 0 unspecified atom stereocenters. The van der Waals surface area contributed by atoms with E-state index in [4.69, 9.17) is 19.4 Å². The maximum Gasteiger partial charge on any atom is 0.164 e. The minimum atomic E-state index is -0.0910. The second-order valence-corrected chi connectivity index (χ2v) is 15.9. The molecule has 0 fully saturated rings. The highest BCUT2D eigenvalue weighted by atomic mass is 16.3. The Morgan fingerprint density at radius 3 is 1.62 bits per heavy atom. The first-order valence-corrected chi connectivity index (χ1v) is 19.9. The number of benzene rings is 9. The summed E-state index contributed by atoms with van der Waals surface area (Å²) < 4.78 is 7.07. The fraction of sp³-hybridized carbons (Fsp3) is 0.0556. The van der Waals surface area contributed by atoms with Gasteiger partial charge in [0.15, 0.2) is 17.5 Å². The van der Waals surface area contributed by atoms with Crippen LogP contribution in [-0.2, 0) is 5.41 Å². The van der Waals surface area contributed by atoms with Crippen LogP contribution in [0.1, 0.15) is 25.0 Å².